The summed E-state index contributed by atoms with van der Waals surface area (Å²) >= 11 is 0. The van der Waals surface area contributed by atoms with Gasteiger partial charge < -0.3 is 9.62 Å². The van der Waals surface area contributed by atoms with E-state index < -0.39 is 0 Å². The smallest absolute Gasteiger partial charge is 0.155 e. The third-order valence-corrected chi connectivity index (χ3v) is 3.61. The Morgan fingerprint density at radius 2 is 1.73 bits per heavy atom. The summed E-state index contributed by atoms with van der Waals surface area (Å²) in [6.45, 7) is 0. The molecule has 0 unspecified atom stereocenters. The fourth-order valence-electron chi connectivity index (χ4n) is 2.53. The summed E-state index contributed by atoms with van der Waals surface area (Å²) < 4.78 is 5.91. The van der Waals surface area contributed by atoms with Crippen molar-refractivity contribution in [2.45, 2.75) is 0 Å². The summed E-state index contributed by atoms with van der Waals surface area (Å²) in [6.07, 6.45) is 0. The Morgan fingerprint density at radius 3 is 2.64 bits per heavy atom. The van der Waals surface area contributed by atoms with Crippen LogP contribution in [0.3, 0.4) is 0 Å². The molecule has 1 N–H and O–H groups in total. The molecular weight excluding hydrogens is 276 g/mol. The van der Waals surface area contributed by atoms with Gasteiger partial charge in [-0.05, 0) is 24.3 Å². The van der Waals surface area contributed by atoms with Gasteiger partial charge in [0.1, 0.15) is 16.6 Å². The minimum atomic E-state index is 0.465. The van der Waals surface area contributed by atoms with Crippen LogP contribution < -0.4 is 5.36 Å². The highest BCUT2D eigenvalue weighted by molar-refractivity contribution is 5.82. The molecule has 0 radical (unpaired) electrons. The number of hydrogen-bond donors (Lipinski definition) is 1. The molecule has 22 heavy (non-hydrogen) atoms. The molecule has 0 aliphatic heterocycles. The predicted molar refractivity (Wildman–Crippen MR) is 84.3 cm³/mol. The standard InChI is InChI=1S/C18H12N2O2/c21-20-16-11-18(22-17-8-4-2-6-13(16)17)15-10-9-12-5-1-3-7-14(12)19-15/h1-11,21H/b20-16-. The van der Waals surface area contributed by atoms with Crippen LogP contribution in [0.5, 0.6) is 0 Å². The van der Waals surface area contributed by atoms with Crippen molar-refractivity contribution in [1.82, 2.24) is 4.98 Å². The van der Waals surface area contributed by atoms with Crippen molar-refractivity contribution >= 4 is 21.9 Å². The summed E-state index contributed by atoms with van der Waals surface area (Å²) in [5.41, 5.74) is 2.25. The lowest BCUT2D eigenvalue weighted by molar-refractivity contribution is 0.302. The summed E-state index contributed by atoms with van der Waals surface area (Å²) in [6, 6.07) is 20.9. The van der Waals surface area contributed by atoms with Gasteiger partial charge in [-0.3, -0.25) is 0 Å². The van der Waals surface area contributed by atoms with Crippen LogP contribution in [0.15, 0.2) is 76.3 Å². The first-order valence-corrected chi connectivity index (χ1v) is 6.92. The molecule has 0 aliphatic rings. The van der Waals surface area contributed by atoms with Crippen LogP contribution in [-0.2, 0) is 0 Å². The van der Waals surface area contributed by atoms with Gasteiger partial charge in [0, 0.05) is 16.8 Å². The lowest BCUT2D eigenvalue weighted by atomic mass is 10.1. The van der Waals surface area contributed by atoms with E-state index in [1.807, 2.05) is 60.7 Å². The first-order chi connectivity index (χ1) is 10.8. The van der Waals surface area contributed by atoms with Crippen LogP contribution in [0, 0.1) is 0 Å². The predicted octanol–water partition coefficient (Wildman–Crippen LogP) is 3.94. The molecule has 0 spiro atoms. The van der Waals surface area contributed by atoms with Crippen LogP contribution >= 0.6 is 0 Å². The van der Waals surface area contributed by atoms with E-state index in [9.17, 15) is 5.21 Å². The number of rotatable bonds is 1. The summed E-state index contributed by atoms with van der Waals surface area (Å²) in [5, 5.41) is 14.9. The minimum absolute atomic E-state index is 0.465. The molecule has 4 nitrogen and oxygen atoms in total. The lowest BCUT2D eigenvalue weighted by Crippen LogP contribution is -2.03. The second-order valence-corrected chi connectivity index (χ2v) is 4.98. The zero-order chi connectivity index (χ0) is 14.9. The van der Waals surface area contributed by atoms with E-state index in [2.05, 4.69) is 10.1 Å². The molecule has 106 valence electrons. The SMILES string of the molecule is O/N=c1/cc(-c2ccc3ccccc3n2)oc2ccccc12. The molecule has 0 saturated heterocycles. The quantitative estimate of drug-likeness (QED) is 0.426. The first kappa shape index (κ1) is 12.6. The van der Waals surface area contributed by atoms with Crippen LogP contribution in [0.25, 0.3) is 33.3 Å². The molecule has 0 amide bonds. The average Bonchev–Trinajstić information content (AvgIpc) is 2.60. The Morgan fingerprint density at radius 1 is 0.909 bits per heavy atom. The maximum absolute atomic E-state index is 9.24. The highest BCUT2D eigenvalue weighted by atomic mass is 16.4. The maximum Gasteiger partial charge on any atom is 0.155 e. The highest BCUT2D eigenvalue weighted by Crippen LogP contribution is 2.23. The van der Waals surface area contributed by atoms with E-state index in [4.69, 9.17) is 4.42 Å². The number of para-hydroxylation sites is 2. The van der Waals surface area contributed by atoms with Crippen molar-refractivity contribution in [3.05, 3.63) is 72.1 Å². The third kappa shape index (κ3) is 2.02. The Balaban J connectivity index is 1.99. The fraction of sp³-hybridized carbons (Fsp3) is 0. The van der Waals surface area contributed by atoms with Crippen molar-refractivity contribution in [3.8, 4) is 11.5 Å². The Labute approximate surface area is 126 Å². The summed E-state index contributed by atoms with van der Waals surface area (Å²) in [7, 11) is 0. The third-order valence-electron chi connectivity index (χ3n) is 3.61. The Bertz CT molecular complexity index is 1050. The van der Waals surface area contributed by atoms with E-state index in [1.165, 1.54) is 0 Å². The van der Waals surface area contributed by atoms with Gasteiger partial charge in [0.15, 0.2) is 5.76 Å². The fourth-order valence-corrected chi connectivity index (χ4v) is 2.53. The van der Waals surface area contributed by atoms with E-state index in [1.54, 1.807) is 6.07 Å². The van der Waals surface area contributed by atoms with E-state index in [0.29, 0.717) is 22.4 Å². The van der Waals surface area contributed by atoms with Crippen molar-refractivity contribution in [3.63, 3.8) is 0 Å². The number of aromatic nitrogens is 1. The largest absolute Gasteiger partial charge is 0.454 e. The topological polar surface area (TPSA) is 58.6 Å². The molecule has 4 heteroatoms. The van der Waals surface area contributed by atoms with Gasteiger partial charge >= 0.3 is 0 Å². The van der Waals surface area contributed by atoms with Crippen LogP contribution in [0.1, 0.15) is 0 Å². The van der Waals surface area contributed by atoms with E-state index >= 15 is 0 Å². The molecule has 0 atom stereocenters. The molecule has 4 aromatic rings. The monoisotopic (exact) mass is 288 g/mol. The zero-order valence-corrected chi connectivity index (χ0v) is 11.6. The highest BCUT2D eigenvalue weighted by Gasteiger charge is 2.07. The molecule has 0 bridgehead atoms. The second kappa shape index (κ2) is 5.00. The van der Waals surface area contributed by atoms with Gasteiger partial charge in [0.2, 0.25) is 0 Å². The maximum atomic E-state index is 9.24. The van der Waals surface area contributed by atoms with Crippen LogP contribution in [0.2, 0.25) is 0 Å². The van der Waals surface area contributed by atoms with Gasteiger partial charge in [-0.2, -0.15) is 0 Å². The average molecular weight is 288 g/mol. The van der Waals surface area contributed by atoms with Crippen LogP contribution in [0.4, 0.5) is 0 Å². The van der Waals surface area contributed by atoms with Crippen molar-refractivity contribution in [2.24, 2.45) is 5.16 Å². The van der Waals surface area contributed by atoms with Gasteiger partial charge in [-0.25, -0.2) is 4.98 Å². The van der Waals surface area contributed by atoms with Gasteiger partial charge in [-0.15, -0.1) is 0 Å². The molecule has 2 heterocycles. The van der Waals surface area contributed by atoms with E-state index in [-0.39, 0.29) is 0 Å². The molecule has 0 saturated carbocycles. The molecule has 2 aromatic carbocycles. The number of hydrogen-bond acceptors (Lipinski definition) is 4. The van der Waals surface area contributed by atoms with Crippen molar-refractivity contribution < 1.29 is 9.62 Å². The second-order valence-electron chi connectivity index (χ2n) is 4.98. The van der Waals surface area contributed by atoms with Gasteiger partial charge in [0.25, 0.3) is 0 Å². The zero-order valence-electron chi connectivity index (χ0n) is 11.6. The molecule has 2 aromatic heterocycles. The van der Waals surface area contributed by atoms with Gasteiger partial charge in [-0.1, -0.05) is 41.6 Å². The molecular formula is C18H12N2O2. The van der Waals surface area contributed by atoms with Gasteiger partial charge in [0.05, 0.1) is 5.52 Å². The summed E-state index contributed by atoms with van der Waals surface area (Å²) in [4.78, 5) is 4.61. The Hall–Kier alpha value is -3.14. The molecule has 0 aliphatic carbocycles. The van der Waals surface area contributed by atoms with Crippen LogP contribution in [-0.4, -0.2) is 10.2 Å². The van der Waals surface area contributed by atoms with Crippen molar-refractivity contribution in [1.29, 1.82) is 0 Å². The molecule has 4 rings (SSSR count). The lowest BCUT2D eigenvalue weighted by Gasteiger charge is -2.05. The normalized spacial score (nSPS) is 12.1. The summed E-state index contributed by atoms with van der Waals surface area (Å²) in [5.74, 6) is 0.567. The Kier molecular flexibility index (Phi) is 2.86. The first-order valence-electron chi connectivity index (χ1n) is 6.92. The number of benzene rings is 2. The number of pyridine rings is 1. The van der Waals surface area contributed by atoms with Crippen molar-refractivity contribution in [2.75, 3.05) is 0 Å². The number of fused-ring (bicyclic) bond motifs is 2. The molecule has 0 fully saturated rings. The number of nitrogens with zero attached hydrogens (tertiary/aromatic N) is 2. The van der Waals surface area contributed by atoms with E-state index in [0.717, 1.165) is 16.3 Å². The minimum Gasteiger partial charge on any atom is -0.454 e.